The Morgan fingerprint density at radius 3 is 2.29 bits per heavy atom. The largest absolute Gasteiger partial charge is 0.416 e. The molecule has 0 bridgehead atoms. The van der Waals surface area contributed by atoms with Crippen molar-refractivity contribution in [2.75, 3.05) is 5.43 Å². The highest BCUT2D eigenvalue weighted by molar-refractivity contribution is 6.30. The van der Waals surface area contributed by atoms with E-state index < -0.39 is 23.5 Å². The lowest BCUT2D eigenvalue weighted by molar-refractivity contribution is -0.143. The molecule has 0 unspecified atom stereocenters. The molecule has 0 radical (unpaired) electrons. The molecule has 0 saturated carbocycles. The molecule has 3 N–H and O–H groups in total. The van der Waals surface area contributed by atoms with E-state index in [0.717, 1.165) is 39.0 Å². The summed E-state index contributed by atoms with van der Waals surface area (Å²) in [5, 5.41) is 0.763. The zero-order valence-electron chi connectivity index (χ0n) is 19.5. The van der Waals surface area contributed by atoms with E-state index in [1.807, 2.05) is 36.4 Å². The van der Waals surface area contributed by atoms with Crippen molar-refractivity contribution in [3.05, 3.63) is 101 Å². The number of aliphatic imine (C=N–C) groups is 1. The summed E-state index contributed by atoms with van der Waals surface area (Å²) in [6, 6.07) is 14.4. The van der Waals surface area contributed by atoms with Gasteiger partial charge >= 0.3 is 12.4 Å². The monoisotopic (exact) mass is 524 g/mol. The number of halogens is 6. The first-order valence-corrected chi connectivity index (χ1v) is 11.5. The fourth-order valence-corrected chi connectivity index (χ4v) is 4.81. The molecule has 0 amide bonds. The van der Waals surface area contributed by atoms with Gasteiger partial charge in [-0.2, -0.15) is 26.3 Å². The van der Waals surface area contributed by atoms with Crippen LogP contribution in [0, 0.1) is 0 Å². The number of nitrogens with two attached hydrogens (primary N) is 1. The Hall–Kier alpha value is -4.47. The molecular formula is C28H18F6N4. The number of rotatable bonds is 3. The molecule has 0 fully saturated rings. The maximum atomic E-state index is 13.3. The van der Waals surface area contributed by atoms with Gasteiger partial charge in [0.05, 0.1) is 33.7 Å². The minimum Gasteiger partial charge on any atom is -0.399 e. The molecule has 1 aromatic heterocycles. The normalized spacial score (nSPS) is 15.1. The number of anilines is 1. The zero-order valence-corrected chi connectivity index (χ0v) is 19.5. The summed E-state index contributed by atoms with van der Waals surface area (Å²) in [6.45, 7) is 0. The average Bonchev–Trinajstić information content (AvgIpc) is 3.43. The topological polar surface area (TPSA) is 55.3 Å². The first-order chi connectivity index (χ1) is 18.0. The lowest BCUT2D eigenvalue weighted by Crippen LogP contribution is -2.14. The molecular weight excluding hydrogens is 506 g/mol. The third kappa shape index (κ3) is 4.11. The number of hydrogen-bond acceptors (Lipinski definition) is 3. The Morgan fingerprint density at radius 1 is 0.842 bits per heavy atom. The van der Waals surface area contributed by atoms with E-state index in [0.29, 0.717) is 29.8 Å². The lowest BCUT2D eigenvalue weighted by Gasteiger charge is -2.16. The molecule has 0 spiro atoms. The van der Waals surface area contributed by atoms with Gasteiger partial charge in [-0.3, -0.25) is 15.1 Å². The summed E-state index contributed by atoms with van der Waals surface area (Å²) >= 11 is 0. The maximum Gasteiger partial charge on any atom is 0.416 e. The Kier molecular flexibility index (Phi) is 5.20. The molecule has 38 heavy (non-hydrogen) atoms. The number of allylic oxidation sites excluding steroid dienone is 3. The fourth-order valence-electron chi connectivity index (χ4n) is 4.81. The highest BCUT2D eigenvalue weighted by atomic mass is 19.4. The Balaban J connectivity index is 1.39. The quantitative estimate of drug-likeness (QED) is 0.267. The molecule has 0 saturated heterocycles. The van der Waals surface area contributed by atoms with E-state index in [1.165, 1.54) is 4.68 Å². The summed E-state index contributed by atoms with van der Waals surface area (Å²) < 4.78 is 81.2. The second-order valence-electron chi connectivity index (χ2n) is 9.09. The molecule has 1 aliphatic heterocycles. The van der Waals surface area contributed by atoms with Gasteiger partial charge in [0, 0.05) is 34.8 Å². The minimum absolute atomic E-state index is 0.102. The molecule has 0 atom stereocenters. The highest BCUT2D eigenvalue weighted by Gasteiger charge is 2.37. The van der Waals surface area contributed by atoms with E-state index in [4.69, 9.17) is 5.73 Å². The van der Waals surface area contributed by atoms with Gasteiger partial charge in [-0.25, -0.2) is 0 Å². The van der Waals surface area contributed by atoms with Crippen LogP contribution in [0.25, 0.3) is 27.6 Å². The standard InChI is InChI=1S/C28H18F6N4/c29-27(30,31)16-11-17(28(32,33)34)13-19(12-16)37-38-9-8-21-20(2-1-3-26(21)38)15-4-6-24-22(10-15)23-14-18(35)5-7-25(23)36-24/h1-6,8-14,37H,7,35H2. The molecule has 3 aromatic carbocycles. The van der Waals surface area contributed by atoms with E-state index in [-0.39, 0.29) is 11.8 Å². The summed E-state index contributed by atoms with van der Waals surface area (Å²) in [5.74, 6) is 0. The number of hydrogen-bond donors (Lipinski definition) is 2. The van der Waals surface area contributed by atoms with Crippen LogP contribution in [0.1, 0.15) is 23.1 Å². The van der Waals surface area contributed by atoms with Crippen LogP contribution < -0.4 is 11.2 Å². The number of aromatic nitrogens is 1. The van der Waals surface area contributed by atoms with Crippen LogP contribution in [-0.4, -0.2) is 10.4 Å². The Labute approximate surface area is 212 Å². The van der Waals surface area contributed by atoms with Crippen molar-refractivity contribution in [2.45, 2.75) is 18.8 Å². The predicted molar refractivity (Wildman–Crippen MR) is 135 cm³/mol. The van der Waals surface area contributed by atoms with Crippen LogP contribution in [-0.2, 0) is 12.4 Å². The molecule has 10 heteroatoms. The Morgan fingerprint density at radius 2 is 1.58 bits per heavy atom. The molecule has 4 nitrogen and oxygen atoms in total. The van der Waals surface area contributed by atoms with Crippen molar-refractivity contribution in [1.29, 1.82) is 0 Å². The van der Waals surface area contributed by atoms with Crippen LogP contribution >= 0.6 is 0 Å². The number of benzene rings is 3. The van der Waals surface area contributed by atoms with Gasteiger partial charge in [0.15, 0.2) is 0 Å². The van der Waals surface area contributed by atoms with Crippen molar-refractivity contribution >= 4 is 33.6 Å². The predicted octanol–water partition coefficient (Wildman–Crippen LogP) is 7.94. The van der Waals surface area contributed by atoms with Crippen LogP contribution in [0.15, 0.2) is 89.7 Å². The van der Waals surface area contributed by atoms with Crippen molar-refractivity contribution < 1.29 is 26.3 Å². The van der Waals surface area contributed by atoms with Gasteiger partial charge in [0.25, 0.3) is 0 Å². The minimum atomic E-state index is -4.94. The lowest BCUT2D eigenvalue weighted by atomic mass is 9.93. The molecule has 2 heterocycles. The molecule has 6 rings (SSSR count). The summed E-state index contributed by atoms with van der Waals surface area (Å²) in [5.41, 5.74) is 12.3. The van der Waals surface area contributed by atoms with Gasteiger partial charge < -0.3 is 5.73 Å². The van der Waals surface area contributed by atoms with E-state index in [1.54, 1.807) is 24.4 Å². The molecule has 4 aromatic rings. The number of fused-ring (bicyclic) bond motifs is 4. The highest BCUT2D eigenvalue weighted by Crippen LogP contribution is 2.42. The van der Waals surface area contributed by atoms with Gasteiger partial charge in [0.1, 0.15) is 0 Å². The smallest absolute Gasteiger partial charge is 0.399 e. The van der Waals surface area contributed by atoms with Crippen LogP contribution in [0.2, 0.25) is 0 Å². The van der Waals surface area contributed by atoms with Crippen molar-refractivity contribution in [1.82, 2.24) is 4.68 Å². The van der Waals surface area contributed by atoms with Crippen molar-refractivity contribution in [3.63, 3.8) is 0 Å². The third-order valence-corrected chi connectivity index (χ3v) is 6.58. The first kappa shape index (κ1) is 23.9. The van der Waals surface area contributed by atoms with Crippen LogP contribution in [0.5, 0.6) is 0 Å². The second kappa shape index (κ2) is 8.27. The van der Waals surface area contributed by atoms with Gasteiger partial charge in [-0.1, -0.05) is 24.3 Å². The van der Waals surface area contributed by atoms with Gasteiger partial charge in [-0.15, -0.1) is 0 Å². The fraction of sp³-hybridized carbons (Fsp3) is 0.107. The van der Waals surface area contributed by atoms with Crippen molar-refractivity contribution in [3.8, 4) is 11.1 Å². The number of nitrogens with one attached hydrogen (secondary N) is 1. The summed E-state index contributed by atoms with van der Waals surface area (Å²) in [6.07, 6.45) is -3.86. The molecule has 192 valence electrons. The summed E-state index contributed by atoms with van der Waals surface area (Å²) in [4.78, 5) is 4.68. The van der Waals surface area contributed by atoms with Gasteiger partial charge in [0.2, 0.25) is 0 Å². The van der Waals surface area contributed by atoms with E-state index >= 15 is 0 Å². The third-order valence-electron chi connectivity index (χ3n) is 6.58. The number of alkyl halides is 6. The summed E-state index contributed by atoms with van der Waals surface area (Å²) in [7, 11) is 0. The average molecular weight is 524 g/mol. The van der Waals surface area contributed by atoms with Gasteiger partial charge in [-0.05, 0) is 59.7 Å². The van der Waals surface area contributed by atoms with Crippen LogP contribution in [0.4, 0.5) is 37.7 Å². The first-order valence-electron chi connectivity index (χ1n) is 11.5. The van der Waals surface area contributed by atoms with Crippen molar-refractivity contribution in [2.24, 2.45) is 10.7 Å². The zero-order chi connectivity index (χ0) is 26.8. The van der Waals surface area contributed by atoms with E-state index in [9.17, 15) is 26.3 Å². The second-order valence-corrected chi connectivity index (χ2v) is 9.09. The van der Waals surface area contributed by atoms with E-state index in [2.05, 4.69) is 10.4 Å². The van der Waals surface area contributed by atoms with Crippen LogP contribution in [0.3, 0.4) is 0 Å². The SMILES string of the molecule is NC1=CCC2=Nc3ccc(-c4cccc5c4ccn5Nc4cc(C(F)(F)F)cc(C(F)(F)F)c4)cc3C2=C1. The molecule has 1 aliphatic carbocycles. The number of nitrogens with zero attached hydrogens (tertiary/aromatic N) is 2. The maximum absolute atomic E-state index is 13.3. The molecule has 2 aliphatic rings. The Bertz CT molecular complexity index is 1670.